The number of aryl methyl sites for hydroxylation is 1. The van der Waals surface area contributed by atoms with E-state index in [0.717, 1.165) is 5.92 Å². The molecule has 1 aliphatic carbocycles. The van der Waals surface area contributed by atoms with Gasteiger partial charge in [-0.05, 0) is 43.6 Å². The van der Waals surface area contributed by atoms with E-state index in [9.17, 15) is 0 Å². The Morgan fingerprint density at radius 2 is 2.06 bits per heavy atom. The van der Waals surface area contributed by atoms with Gasteiger partial charge in [0.15, 0.2) is 0 Å². The van der Waals surface area contributed by atoms with E-state index in [4.69, 9.17) is 0 Å². The Hall–Kier alpha value is -1.04. The van der Waals surface area contributed by atoms with Gasteiger partial charge in [-0.1, -0.05) is 61.7 Å². The number of allylic oxidation sites excluding steroid dienone is 2. The maximum Gasteiger partial charge on any atom is -0.0218 e. The second kappa shape index (κ2) is 6.05. The summed E-state index contributed by atoms with van der Waals surface area (Å²) in [6.07, 6.45) is 11.8. The molecule has 0 nitrogen and oxygen atoms in total. The Morgan fingerprint density at radius 1 is 1.29 bits per heavy atom. The number of benzene rings is 1. The first-order chi connectivity index (χ1) is 8.24. The Morgan fingerprint density at radius 3 is 2.76 bits per heavy atom. The van der Waals surface area contributed by atoms with Crippen LogP contribution in [0.15, 0.2) is 36.4 Å². The molecule has 1 aromatic rings. The summed E-state index contributed by atoms with van der Waals surface area (Å²) in [4.78, 5) is 0. The highest BCUT2D eigenvalue weighted by molar-refractivity contribution is 5.23. The van der Waals surface area contributed by atoms with E-state index < -0.39 is 0 Å². The first kappa shape index (κ1) is 12.4. The summed E-state index contributed by atoms with van der Waals surface area (Å²) in [5.41, 5.74) is 2.84. The van der Waals surface area contributed by atoms with E-state index in [-0.39, 0.29) is 0 Å². The van der Waals surface area contributed by atoms with Crippen molar-refractivity contribution < 1.29 is 0 Å². The van der Waals surface area contributed by atoms with Crippen LogP contribution in [0.25, 0.3) is 0 Å². The Balaban J connectivity index is 1.86. The van der Waals surface area contributed by atoms with Gasteiger partial charge in [-0.3, -0.25) is 0 Å². The molecule has 1 atom stereocenters. The zero-order valence-electron chi connectivity index (χ0n) is 11.2. The van der Waals surface area contributed by atoms with Gasteiger partial charge in [-0.15, -0.1) is 0 Å². The van der Waals surface area contributed by atoms with Crippen molar-refractivity contribution in [2.45, 2.75) is 46.0 Å². The molecule has 2 rings (SSSR count). The van der Waals surface area contributed by atoms with Crippen molar-refractivity contribution in [3.63, 3.8) is 0 Å². The summed E-state index contributed by atoms with van der Waals surface area (Å²) >= 11 is 0. The smallest absolute Gasteiger partial charge is 0.0218 e. The van der Waals surface area contributed by atoms with E-state index in [2.05, 4.69) is 50.3 Å². The molecule has 0 N–H and O–H groups in total. The molecular formula is C17H24. The van der Waals surface area contributed by atoms with E-state index in [1.165, 1.54) is 43.2 Å². The van der Waals surface area contributed by atoms with Gasteiger partial charge < -0.3 is 0 Å². The third-order valence-corrected chi connectivity index (χ3v) is 3.75. The number of hydrogen-bond acceptors (Lipinski definition) is 0. The van der Waals surface area contributed by atoms with E-state index in [1.807, 2.05) is 0 Å². The molecule has 1 saturated carbocycles. The average molecular weight is 228 g/mol. The largest absolute Gasteiger partial charge is 0.0851 e. The predicted octanol–water partition coefficient (Wildman–Crippen LogP) is 4.92. The van der Waals surface area contributed by atoms with Crippen molar-refractivity contribution in [3.05, 3.63) is 47.5 Å². The lowest BCUT2D eigenvalue weighted by atomic mass is 9.97. The molecule has 0 heterocycles. The standard InChI is InChI=1S/C17H24/c1-14-6-5-9-17(12-14)13-15(2)10-11-16-7-3-4-8-16/h5-6,9-12,15-16H,3-4,7-8,13H2,1-2H3/b11-10+. The van der Waals surface area contributed by atoms with Crippen molar-refractivity contribution in [2.75, 3.05) is 0 Å². The highest BCUT2D eigenvalue weighted by Crippen LogP contribution is 2.26. The van der Waals surface area contributed by atoms with Gasteiger partial charge in [-0.2, -0.15) is 0 Å². The molecule has 1 aromatic carbocycles. The normalized spacial score (nSPS) is 18.9. The predicted molar refractivity (Wildman–Crippen MR) is 75.1 cm³/mol. The summed E-state index contributed by atoms with van der Waals surface area (Å²) in [6, 6.07) is 8.88. The minimum absolute atomic E-state index is 0.664. The van der Waals surface area contributed by atoms with Crippen LogP contribution in [0.2, 0.25) is 0 Å². The highest BCUT2D eigenvalue weighted by atomic mass is 14.2. The Labute approximate surface area is 106 Å². The van der Waals surface area contributed by atoms with Crippen LogP contribution in [-0.2, 0) is 6.42 Å². The van der Waals surface area contributed by atoms with Crippen LogP contribution >= 0.6 is 0 Å². The second-order valence-corrected chi connectivity index (χ2v) is 5.60. The maximum absolute atomic E-state index is 2.47. The minimum atomic E-state index is 0.664. The molecule has 1 aliphatic rings. The third-order valence-electron chi connectivity index (χ3n) is 3.75. The molecule has 1 fully saturated rings. The Kier molecular flexibility index (Phi) is 4.42. The van der Waals surface area contributed by atoms with E-state index in [1.54, 1.807) is 0 Å². The van der Waals surface area contributed by atoms with Crippen LogP contribution in [0.4, 0.5) is 0 Å². The maximum atomic E-state index is 2.47. The molecule has 0 aliphatic heterocycles. The SMILES string of the molecule is Cc1cccc(CC(C)/C=C/C2CCCC2)c1. The van der Waals surface area contributed by atoms with Gasteiger partial charge in [-0.25, -0.2) is 0 Å². The molecule has 0 bridgehead atoms. The topological polar surface area (TPSA) is 0 Å². The van der Waals surface area contributed by atoms with Crippen molar-refractivity contribution in [3.8, 4) is 0 Å². The summed E-state index contributed by atoms with van der Waals surface area (Å²) in [7, 11) is 0. The van der Waals surface area contributed by atoms with Crippen LogP contribution in [-0.4, -0.2) is 0 Å². The van der Waals surface area contributed by atoms with Crippen molar-refractivity contribution in [1.82, 2.24) is 0 Å². The zero-order chi connectivity index (χ0) is 12.1. The molecule has 0 saturated heterocycles. The molecule has 0 aromatic heterocycles. The lowest BCUT2D eigenvalue weighted by Gasteiger charge is -2.08. The summed E-state index contributed by atoms with van der Waals surface area (Å²) < 4.78 is 0. The first-order valence-electron chi connectivity index (χ1n) is 6.98. The lowest BCUT2D eigenvalue weighted by molar-refractivity contribution is 0.660. The van der Waals surface area contributed by atoms with Crippen molar-refractivity contribution >= 4 is 0 Å². The minimum Gasteiger partial charge on any atom is -0.0851 e. The first-order valence-corrected chi connectivity index (χ1v) is 6.98. The average Bonchev–Trinajstić information content (AvgIpc) is 2.79. The number of rotatable bonds is 4. The van der Waals surface area contributed by atoms with Gasteiger partial charge in [0.1, 0.15) is 0 Å². The highest BCUT2D eigenvalue weighted by Gasteiger charge is 2.11. The summed E-state index contributed by atoms with van der Waals surface area (Å²) in [5, 5.41) is 0. The molecule has 0 amide bonds. The van der Waals surface area contributed by atoms with Gasteiger partial charge in [0.2, 0.25) is 0 Å². The quantitative estimate of drug-likeness (QED) is 0.642. The molecule has 0 radical (unpaired) electrons. The fourth-order valence-electron chi connectivity index (χ4n) is 2.78. The summed E-state index contributed by atoms with van der Waals surface area (Å²) in [6.45, 7) is 4.50. The van der Waals surface area contributed by atoms with Crippen LogP contribution in [0.3, 0.4) is 0 Å². The third kappa shape index (κ3) is 4.03. The van der Waals surface area contributed by atoms with E-state index >= 15 is 0 Å². The molecule has 1 unspecified atom stereocenters. The molecular weight excluding hydrogens is 204 g/mol. The lowest BCUT2D eigenvalue weighted by Crippen LogP contribution is -1.97. The molecule has 0 heteroatoms. The molecule has 92 valence electrons. The Bertz CT molecular complexity index is 369. The second-order valence-electron chi connectivity index (χ2n) is 5.60. The van der Waals surface area contributed by atoms with Crippen molar-refractivity contribution in [1.29, 1.82) is 0 Å². The van der Waals surface area contributed by atoms with Crippen LogP contribution in [0, 0.1) is 18.8 Å². The van der Waals surface area contributed by atoms with Gasteiger partial charge in [0.25, 0.3) is 0 Å². The number of hydrogen-bond donors (Lipinski definition) is 0. The zero-order valence-corrected chi connectivity index (χ0v) is 11.2. The van der Waals surface area contributed by atoms with Crippen molar-refractivity contribution in [2.24, 2.45) is 11.8 Å². The van der Waals surface area contributed by atoms with Gasteiger partial charge in [0, 0.05) is 0 Å². The van der Waals surface area contributed by atoms with Crippen LogP contribution < -0.4 is 0 Å². The van der Waals surface area contributed by atoms with Crippen LogP contribution in [0.5, 0.6) is 0 Å². The monoisotopic (exact) mass is 228 g/mol. The van der Waals surface area contributed by atoms with Gasteiger partial charge >= 0.3 is 0 Å². The van der Waals surface area contributed by atoms with Crippen LogP contribution in [0.1, 0.15) is 43.7 Å². The molecule has 17 heavy (non-hydrogen) atoms. The molecule has 0 spiro atoms. The summed E-state index contributed by atoms with van der Waals surface area (Å²) in [5.74, 6) is 1.53. The fourth-order valence-corrected chi connectivity index (χ4v) is 2.78. The fraction of sp³-hybridized carbons (Fsp3) is 0.529. The van der Waals surface area contributed by atoms with E-state index in [0.29, 0.717) is 5.92 Å². The van der Waals surface area contributed by atoms with Gasteiger partial charge in [0.05, 0.1) is 0 Å².